The topological polar surface area (TPSA) is 106 Å². The molecule has 1 amide bonds. The Kier molecular flexibility index (Phi) is 11.1. The molecule has 2 aliphatic heterocycles. The lowest BCUT2D eigenvalue weighted by molar-refractivity contribution is -0.146. The smallest absolute Gasteiger partial charge is 0.323 e. The summed E-state index contributed by atoms with van der Waals surface area (Å²) in [5.41, 5.74) is 1.80. The van der Waals surface area contributed by atoms with Gasteiger partial charge in [-0.2, -0.15) is 5.26 Å². The van der Waals surface area contributed by atoms with Gasteiger partial charge in [-0.25, -0.2) is 0 Å². The maximum absolute atomic E-state index is 13.0. The van der Waals surface area contributed by atoms with Crippen molar-refractivity contribution in [2.75, 3.05) is 44.6 Å². The summed E-state index contributed by atoms with van der Waals surface area (Å²) >= 11 is 1.51. The molecule has 0 aromatic heterocycles. The van der Waals surface area contributed by atoms with E-state index in [2.05, 4.69) is 16.8 Å². The Morgan fingerprint density at radius 3 is 2.86 bits per heavy atom. The molecule has 196 valence electrons. The Balaban J connectivity index is 1.51. The molecule has 9 heteroatoms. The van der Waals surface area contributed by atoms with Gasteiger partial charge in [0.1, 0.15) is 12.5 Å². The van der Waals surface area contributed by atoms with Crippen LogP contribution in [0.15, 0.2) is 36.9 Å². The molecule has 2 saturated heterocycles. The second-order valence-corrected chi connectivity index (χ2v) is 10.6. The SMILES string of the molecule is C=CCOC(=O)C(C#N)CC1SC(CCNc2cccc(C(O)CN3CCCCC3)c2)C(=O)N1CC. The molecule has 2 aliphatic rings. The van der Waals surface area contributed by atoms with Crippen LogP contribution in [0.2, 0.25) is 0 Å². The summed E-state index contributed by atoms with van der Waals surface area (Å²) < 4.78 is 5.04. The average Bonchev–Trinajstić information content (AvgIpc) is 3.20. The third-order valence-electron chi connectivity index (χ3n) is 6.68. The summed E-state index contributed by atoms with van der Waals surface area (Å²) in [6, 6.07) is 9.85. The Labute approximate surface area is 218 Å². The minimum atomic E-state index is -0.916. The predicted octanol–water partition coefficient (Wildman–Crippen LogP) is 3.56. The second kappa shape index (κ2) is 14.3. The van der Waals surface area contributed by atoms with E-state index >= 15 is 0 Å². The summed E-state index contributed by atoms with van der Waals surface area (Å²) in [7, 11) is 0. The number of amides is 1. The Hall–Kier alpha value is -2.54. The number of aliphatic hydroxyl groups excluding tert-OH is 1. The minimum Gasteiger partial charge on any atom is -0.460 e. The molecule has 8 nitrogen and oxygen atoms in total. The fraction of sp³-hybridized carbons (Fsp3) is 0.593. The number of nitrogens with one attached hydrogen (secondary N) is 1. The summed E-state index contributed by atoms with van der Waals surface area (Å²) in [5.74, 6) is -1.45. The van der Waals surface area contributed by atoms with Crippen LogP contribution in [0, 0.1) is 17.2 Å². The highest BCUT2D eigenvalue weighted by Crippen LogP contribution is 2.37. The monoisotopic (exact) mass is 514 g/mol. The fourth-order valence-corrected chi connectivity index (χ4v) is 6.31. The first-order valence-corrected chi connectivity index (χ1v) is 13.8. The van der Waals surface area contributed by atoms with Crippen molar-refractivity contribution >= 4 is 29.3 Å². The van der Waals surface area contributed by atoms with E-state index in [0.717, 1.165) is 24.3 Å². The number of esters is 1. The molecule has 0 bridgehead atoms. The van der Waals surface area contributed by atoms with Gasteiger partial charge in [0, 0.05) is 31.7 Å². The van der Waals surface area contributed by atoms with Gasteiger partial charge in [0.15, 0.2) is 0 Å². The van der Waals surface area contributed by atoms with Crippen molar-refractivity contribution in [1.82, 2.24) is 9.80 Å². The molecule has 4 unspecified atom stereocenters. The van der Waals surface area contributed by atoms with Gasteiger partial charge in [-0.15, -0.1) is 11.8 Å². The number of carbonyl (C=O) groups is 2. The van der Waals surface area contributed by atoms with Crippen molar-refractivity contribution in [3.63, 3.8) is 0 Å². The number of hydrogen-bond acceptors (Lipinski definition) is 8. The number of benzene rings is 1. The van der Waals surface area contributed by atoms with Gasteiger partial charge >= 0.3 is 5.97 Å². The van der Waals surface area contributed by atoms with Crippen LogP contribution in [0.3, 0.4) is 0 Å². The third-order valence-corrected chi connectivity index (χ3v) is 8.20. The van der Waals surface area contributed by atoms with Crippen molar-refractivity contribution < 1.29 is 19.4 Å². The summed E-state index contributed by atoms with van der Waals surface area (Å²) in [6.07, 6.45) is 5.46. The number of likely N-dealkylation sites (tertiary alicyclic amines) is 1. The summed E-state index contributed by atoms with van der Waals surface area (Å²) in [4.78, 5) is 29.2. The first-order chi connectivity index (χ1) is 17.5. The zero-order valence-corrected chi connectivity index (χ0v) is 21.9. The molecule has 2 N–H and O–H groups in total. The second-order valence-electron chi connectivity index (χ2n) is 9.26. The average molecular weight is 515 g/mol. The van der Waals surface area contributed by atoms with Crippen molar-refractivity contribution in [2.24, 2.45) is 5.92 Å². The molecule has 1 aromatic rings. The van der Waals surface area contributed by atoms with Gasteiger partial charge in [-0.1, -0.05) is 31.2 Å². The van der Waals surface area contributed by atoms with Crippen molar-refractivity contribution in [3.8, 4) is 6.07 Å². The molecule has 0 spiro atoms. The lowest BCUT2D eigenvalue weighted by Crippen LogP contribution is -2.36. The Morgan fingerprint density at radius 1 is 1.39 bits per heavy atom. The first kappa shape index (κ1) is 28.0. The number of rotatable bonds is 13. The van der Waals surface area contributed by atoms with Crippen LogP contribution in [0.25, 0.3) is 0 Å². The van der Waals surface area contributed by atoms with Crippen LogP contribution >= 0.6 is 11.8 Å². The predicted molar refractivity (Wildman–Crippen MR) is 142 cm³/mol. The van der Waals surface area contributed by atoms with Crippen molar-refractivity contribution in [2.45, 2.75) is 55.8 Å². The number of nitrogens with zero attached hydrogens (tertiary/aromatic N) is 3. The van der Waals surface area contributed by atoms with E-state index in [9.17, 15) is 20.0 Å². The number of hydrogen-bond donors (Lipinski definition) is 2. The number of nitriles is 1. The number of anilines is 1. The van der Waals surface area contributed by atoms with E-state index in [-0.39, 0.29) is 29.6 Å². The highest BCUT2D eigenvalue weighted by molar-refractivity contribution is 8.01. The molecule has 2 fully saturated rings. The van der Waals surface area contributed by atoms with Gasteiger partial charge in [0.25, 0.3) is 0 Å². The Bertz CT molecular complexity index is 931. The normalized spacial score (nSPS) is 22.0. The molecular formula is C27H38N4O4S. The van der Waals surface area contributed by atoms with Crippen molar-refractivity contribution in [3.05, 3.63) is 42.5 Å². The number of aliphatic hydroxyl groups is 1. The van der Waals surface area contributed by atoms with Crippen LogP contribution in [-0.2, 0) is 14.3 Å². The number of β-amino-alcohol motifs (C(OH)–C–C–N with tert-alkyl or cyclic N) is 1. The molecule has 0 saturated carbocycles. The van der Waals surface area contributed by atoms with Crippen molar-refractivity contribution in [1.29, 1.82) is 5.26 Å². The summed E-state index contributed by atoms with van der Waals surface area (Å²) in [6.45, 7) is 9.35. The number of thioether (sulfide) groups is 1. The van der Waals surface area contributed by atoms with Crippen LogP contribution in [0.1, 0.15) is 50.7 Å². The molecule has 3 rings (SSSR count). The number of ether oxygens (including phenoxy) is 1. The Morgan fingerprint density at radius 2 is 2.17 bits per heavy atom. The minimum absolute atomic E-state index is 0.0381. The molecule has 0 radical (unpaired) electrons. The van der Waals surface area contributed by atoms with Crippen LogP contribution < -0.4 is 5.32 Å². The molecular weight excluding hydrogens is 476 g/mol. The number of piperidine rings is 1. The third kappa shape index (κ3) is 7.73. The van der Waals surface area contributed by atoms with Crippen LogP contribution in [-0.4, -0.2) is 76.7 Å². The highest BCUT2D eigenvalue weighted by atomic mass is 32.2. The van der Waals surface area contributed by atoms with Crippen LogP contribution in [0.5, 0.6) is 0 Å². The highest BCUT2D eigenvalue weighted by Gasteiger charge is 2.41. The van der Waals surface area contributed by atoms with Crippen LogP contribution in [0.4, 0.5) is 5.69 Å². The standard InChI is InChI=1S/C27H38N4O4S/c1-3-15-35-27(34)21(18-28)17-25-31(4-2)26(33)24(36-25)11-12-29-22-10-8-9-20(16-22)23(32)19-30-13-6-5-7-14-30/h3,8-10,16,21,23-25,29,32H,1,4-7,11-15,17,19H2,2H3. The van der Waals surface area contributed by atoms with E-state index < -0.39 is 18.0 Å². The van der Waals surface area contributed by atoms with Gasteiger partial charge in [-0.3, -0.25) is 9.59 Å². The van der Waals surface area contributed by atoms with Gasteiger partial charge in [0.05, 0.1) is 22.8 Å². The molecule has 2 heterocycles. The fourth-order valence-electron chi connectivity index (χ4n) is 4.72. The molecule has 4 atom stereocenters. The van der Waals surface area contributed by atoms with E-state index in [0.29, 0.717) is 26.1 Å². The molecule has 1 aromatic carbocycles. The van der Waals surface area contributed by atoms with E-state index in [4.69, 9.17) is 4.74 Å². The van der Waals surface area contributed by atoms with E-state index in [1.807, 2.05) is 37.3 Å². The van der Waals surface area contributed by atoms with E-state index in [1.54, 1.807) is 4.90 Å². The first-order valence-electron chi connectivity index (χ1n) is 12.8. The van der Waals surface area contributed by atoms with E-state index in [1.165, 1.54) is 37.1 Å². The van der Waals surface area contributed by atoms with Gasteiger partial charge < -0.3 is 25.0 Å². The summed E-state index contributed by atoms with van der Waals surface area (Å²) in [5, 5.41) is 23.1. The molecule has 0 aliphatic carbocycles. The lowest BCUT2D eigenvalue weighted by Gasteiger charge is -2.28. The van der Waals surface area contributed by atoms with Gasteiger partial charge in [-0.05, 0) is 57.0 Å². The lowest BCUT2D eigenvalue weighted by atomic mass is 10.1. The largest absolute Gasteiger partial charge is 0.460 e. The van der Waals surface area contributed by atoms with Gasteiger partial charge in [0.2, 0.25) is 5.91 Å². The maximum atomic E-state index is 13.0. The maximum Gasteiger partial charge on any atom is 0.323 e. The molecule has 36 heavy (non-hydrogen) atoms. The zero-order valence-electron chi connectivity index (χ0n) is 21.1. The number of carbonyl (C=O) groups excluding carboxylic acids is 2. The zero-order chi connectivity index (χ0) is 25.9. The quantitative estimate of drug-likeness (QED) is 0.304.